The zero-order valence-corrected chi connectivity index (χ0v) is 8.35. The number of rotatable bonds is 1. The second-order valence-electron chi connectivity index (χ2n) is 3.54. The highest BCUT2D eigenvalue weighted by atomic mass is 16.3. The van der Waals surface area contributed by atoms with Crippen LogP contribution in [0.3, 0.4) is 0 Å². The summed E-state index contributed by atoms with van der Waals surface area (Å²) in [5.74, 6) is 0. The molecule has 11 heavy (non-hydrogen) atoms. The fraction of sp³-hybridized carbons (Fsp3) is 1.00. The molecule has 1 unspecified atom stereocenters. The highest BCUT2D eigenvalue weighted by Gasteiger charge is 2.32. The molecule has 0 aromatic carbocycles. The van der Waals surface area contributed by atoms with Gasteiger partial charge in [0.1, 0.15) is 0 Å². The minimum atomic E-state index is -0.111. The summed E-state index contributed by atoms with van der Waals surface area (Å²) in [7, 11) is 0. The highest BCUT2D eigenvalue weighted by molar-refractivity contribution is 4.84. The van der Waals surface area contributed by atoms with Crippen LogP contribution in [-0.2, 0) is 0 Å². The molecule has 1 saturated carbocycles. The lowest BCUT2D eigenvalue weighted by atomic mass is 9.84. The lowest BCUT2D eigenvalue weighted by Crippen LogP contribution is -2.25. The van der Waals surface area contributed by atoms with Gasteiger partial charge in [0.15, 0.2) is 0 Å². The minimum absolute atomic E-state index is 0.111. The van der Waals surface area contributed by atoms with Gasteiger partial charge in [-0.2, -0.15) is 0 Å². The van der Waals surface area contributed by atoms with Gasteiger partial charge in [0.25, 0.3) is 0 Å². The first-order valence-corrected chi connectivity index (χ1v) is 4.83. The van der Waals surface area contributed by atoms with Crippen LogP contribution in [0.1, 0.15) is 53.4 Å². The van der Waals surface area contributed by atoms with Gasteiger partial charge >= 0.3 is 0 Å². The zero-order chi connectivity index (χ0) is 8.91. The Bertz CT molecular complexity index is 91.0. The molecule has 1 rings (SSSR count). The van der Waals surface area contributed by atoms with Gasteiger partial charge in [-0.05, 0) is 25.2 Å². The average Bonchev–Trinajstić information content (AvgIpc) is 2.42. The molecule has 0 aliphatic heterocycles. The van der Waals surface area contributed by atoms with E-state index < -0.39 is 0 Å². The molecule has 0 aromatic rings. The van der Waals surface area contributed by atoms with Crippen LogP contribution in [0.2, 0.25) is 0 Å². The predicted molar refractivity (Wildman–Crippen MR) is 49.6 cm³/mol. The number of hydrogen-bond donors (Lipinski definition) is 1. The van der Waals surface area contributed by atoms with Gasteiger partial charge in [-0.3, -0.25) is 0 Å². The molecule has 1 N–H and O–H groups in total. The summed E-state index contributed by atoms with van der Waals surface area (Å²) >= 11 is 0. The van der Waals surface area contributed by atoms with E-state index in [1.54, 1.807) is 0 Å². The Kier molecular flexibility index (Phi) is 4.74. The van der Waals surface area contributed by atoms with Crippen LogP contribution in [-0.4, -0.2) is 11.2 Å². The largest absolute Gasteiger partial charge is 0.393 e. The summed E-state index contributed by atoms with van der Waals surface area (Å²) in [6.45, 7) is 8.09. The summed E-state index contributed by atoms with van der Waals surface area (Å²) in [6, 6.07) is 0. The summed E-state index contributed by atoms with van der Waals surface area (Å²) in [5, 5.41) is 9.31. The van der Waals surface area contributed by atoms with Crippen LogP contribution in [0.15, 0.2) is 0 Å². The molecule has 0 saturated heterocycles. The molecule has 1 nitrogen and oxygen atoms in total. The first-order chi connectivity index (χ1) is 5.15. The molecule has 0 bridgehead atoms. The Morgan fingerprint density at radius 1 is 1.18 bits per heavy atom. The molecule has 1 heteroatoms. The first kappa shape index (κ1) is 11.0. The van der Waals surface area contributed by atoms with Crippen molar-refractivity contribution in [2.24, 2.45) is 5.41 Å². The van der Waals surface area contributed by atoms with Gasteiger partial charge in [-0.25, -0.2) is 0 Å². The monoisotopic (exact) mass is 158 g/mol. The van der Waals surface area contributed by atoms with E-state index in [0.29, 0.717) is 0 Å². The molecule has 0 radical (unpaired) electrons. The highest BCUT2D eigenvalue weighted by Crippen LogP contribution is 2.40. The van der Waals surface area contributed by atoms with E-state index in [1.807, 2.05) is 20.8 Å². The van der Waals surface area contributed by atoms with Crippen molar-refractivity contribution < 1.29 is 5.11 Å². The lowest BCUT2D eigenvalue weighted by molar-refractivity contribution is 0.0577. The third-order valence-electron chi connectivity index (χ3n) is 2.75. The third kappa shape index (κ3) is 2.82. The molecule has 0 heterocycles. The van der Waals surface area contributed by atoms with Crippen LogP contribution >= 0.6 is 0 Å². The maximum Gasteiger partial charge on any atom is 0.0565 e. The van der Waals surface area contributed by atoms with E-state index in [2.05, 4.69) is 6.92 Å². The molecule has 0 aromatic heterocycles. The minimum Gasteiger partial charge on any atom is -0.393 e. The van der Waals surface area contributed by atoms with Gasteiger partial charge in [0, 0.05) is 0 Å². The molecular formula is C10H22O. The van der Waals surface area contributed by atoms with E-state index >= 15 is 0 Å². The van der Waals surface area contributed by atoms with Crippen molar-refractivity contribution in [3.63, 3.8) is 0 Å². The van der Waals surface area contributed by atoms with Crippen molar-refractivity contribution in [2.75, 3.05) is 0 Å². The second-order valence-corrected chi connectivity index (χ2v) is 3.54. The smallest absolute Gasteiger partial charge is 0.0565 e. The zero-order valence-electron chi connectivity index (χ0n) is 8.35. The standard InChI is InChI=1S/C8H16O.C2H6/c1-7(9)8(2)5-3-4-6-8;1-2/h7,9H,3-6H2,1-2H3;1-2H3. The number of aliphatic hydroxyl groups is 1. The van der Waals surface area contributed by atoms with E-state index in [1.165, 1.54) is 25.7 Å². The van der Waals surface area contributed by atoms with Crippen molar-refractivity contribution >= 4 is 0 Å². The Hall–Kier alpha value is -0.0400. The van der Waals surface area contributed by atoms with Crippen LogP contribution in [0.5, 0.6) is 0 Å². The Labute approximate surface area is 70.8 Å². The van der Waals surface area contributed by atoms with Crippen molar-refractivity contribution in [3.05, 3.63) is 0 Å². The van der Waals surface area contributed by atoms with E-state index in [4.69, 9.17) is 0 Å². The van der Waals surface area contributed by atoms with Crippen molar-refractivity contribution in [1.82, 2.24) is 0 Å². The second kappa shape index (κ2) is 4.76. The first-order valence-electron chi connectivity index (χ1n) is 4.83. The molecular weight excluding hydrogens is 136 g/mol. The van der Waals surface area contributed by atoms with Crippen LogP contribution in [0.4, 0.5) is 0 Å². The van der Waals surface area contributed by atoms with Gasteiger partial charge in [-0.1, -0.05) is 33.6 Å². The molecule has 0 spiro atoms. The van der Waals surface area contributed by atoms with Gasteiger partial charge in [0.2, 0.25) is 0 Å². The topological polar surface area (TPSA) is 20.2 Å². The normalized spacial score (nSPS) is 23.7. The Morgan fingerprint density at radius 3 is 1.73 bits per heavy atom. The van der Waals surface area contributed by atoms with Crippen LogP contribution in [0, 0.1) is 5.41 Å². The Balaban J connectivity index is 0.000000461. The number of aliphatic hydroxyl groups excluding tert-OH is 1. The molecule has 68 valence electrons. The van der Waals surface area contributed by atoms with Crippen LogP contribution in [0.25, 0.3) is 0 Å². The van der Waals surface area contributed by atoms with Gasteiger partial charge < -0.3 is 5.11 Å². The summed E-state index contributed by atoms with van der Waals surface area (Å²) in [5.41, 5.74) is 0.250. The quantitative estimate of drug-likeness (QED) is 0.622. The maximum atomic E-state index is 9.31. The van der Waals surface area contributed by atoms with Gasteiger partial charge in [-0.15, -0.1) is 0 Å². The molecule has 1 aliphatic rings. The molecule has 1 fully saturated rings. The lowest BCUT2D eigenvalue weighted by Gasteiger charge is -2.26. The number of hydrogen-bond acceptors (Lipinski definition) is 1. The summed E-state index contributed by atoms with van der Waals surface area (Å²) in [6.07, 6.45) is 4.93. The van der Waals surface area contributed by atoms with Crippen molar-refractivity contribution in [1.29, 1.82) is 0 Å². The van der Waals surface area contributed by atoms with E-state index in [0.717, 1.165) is 0 Å². The summed E-state index contributed by atoms with van der Waals surface area (Å²) in [4.78, 5) is 0. The summed E-state index contributed by atoms with van der Waals surface area (Å²) < 4.78 is 0. The van der Waals surface area contributed by atoms with E-state index in [9.17, 15) is 5.11 Å². The van der Waals surface area contributed by atoms with E-state index in [-0.39, 0.29) is 11.5 Å². The Morgan fingerprint density at radius 2 is 1.55 bits per heavy atom. The van der Waals surface area contributed by atoms with Gasteiger partial charge in [0.05, 0.1) is 6.10 Å². The molecule has 0 amide bonds. The maximum absolute atomic E-state index is 9.31. The van der Waals surface area contributed by atoms with Crippen LogP contribution < -0.4 is 0 Å². The molecule has 1 aliphatic carbocycles. The average molecular weight is 158 g/mol. The third-order valence-corrected chi connectivity index (χ3v) is 2.75. The van der Waals surface area contributed by atoms with Crippen molar-refractivity contribution in [2.45, 2.75) is 59.5 Å². The molecule has 1 atom stereocenters. The predicted octanol–water partition coefficient (Wildman–Crippen LogP) is 2.97. The SMILES string of the molecule is CC.CC(O)C1(C)CCCC1. The van der Waals surface area contributed by atoms with Crippen molar-refractivity contribution in [3.8, 4) is 0 Å². The fourth-order valence-electron chi connectivity index (χ4n) is 1.60. The fourth-order valence-corrected chi connectivity index (χ4v) is 1.60.